The van der Waals surface area contributed by atoms with E-state index in [0.717, 1.165) is 6.08 Å². The van der Waals surface area contributed by atoms with Crippen molar-refractivity contribution in [2.24, 2.45) is 11.8 Å². The van der Waals surface area contributed by atoms with E-state index in [-0.39, 0.29) is 60.8 Å². The van der Waals surface area contributed by atoms with E-state index < -0.39 is 65.0 Å². The van der Waals surface area contributed by atoms with Crippen LogP contribution in [0.3, 0.4) is 0 Å². The fraction of sp³-hybridized carbons (Fsp3) is 0.725. The van der Waals surface area contributed by atoms with Crippen LogP contribution in [0.2, 0.25) is 0 Å². The third-order valence-electron chi connectivity index (χ3n) is 11.6. The molecule has 13 heteroatoms. The Morgan fingerprint density at radius 2 is 1.77 bits per heavy atom. The highest BCUT2D eigenvalue weighted by Gasteiger charge is 2.62. The van der Waals surface area contributed by atoms with Gasteiger partial charge in [-0.2, -0.15) is 0 Å². The number of carbonyl (C=O) groups is 5. The number of carbonyl (C=O) groups excluding carboxylic acids is 5. The highest BCUT2D eigenvalue weighted by atomic mass is 16.7. The Kier molecular flexibility index (Phi) is 12.9. The molecule has 0 unspecified atom stereocenters. The Balaban J connectivity index is 1.41. The third-order valence-corrected chi connectivity index (χ3v) is 11.6. The van der Waals surface area contributed by atoms with Crippen molar-refractivity contribution in [2.75, 3.05) is 0 Å². The molecule has 294 valence electrons. The quantitative estimate of drug-likeness (QED) is 0.213. The first kappa shape index (κ1) is 40.9. The van der Waals surface area contributed by atoms with Crippen LogP contribution in [0.1, 0.15) is 113 Å². The van der Waals surface area contributed by atoms with Gasteiger partial charge in [0.1, 0.15) is 23.6 Å². The second kappa shape index (κ2) is 16.6. The van der Waals surface area contributed by atoms with E-state index in [1.807, 2.05) is 13.8 Å². The summed E-state index contributed by atoms with van der Waals surface area (Å²) in [7, 11) is 0. The summed E-state index contributed by atoms with van der Waals surface area (Å²) in [6, 6.07) is 0. The van der Waals surface area contributed by atoms with Gasteiger partial charge in [-0.05, 0) is 64.5 Å². The van der Waals surface area contributed by atoms with Crippen LogP contribution in [0, 0.1) is 11.8 Å². The van der Waals surface area contributed by atoms with Crippen molar-refractivity contribution in [2.45, 2.75) is 172 Å². The maximum atomic E-state index is 13.6. The number of amides is 1. The van der Waals surface area contributed by atoms with Gasteiger partial charge in [0.2, 0.25) is 5.91 Å². The lowest BCUT2D eigenvalue weighted by molar-refractivity contribution is -0.344. The highest BCUT2D eigenvalue weighted by molar-refractivity contribution is 5.92. The molecule has 0 radical (unpaired) electrons. The van der Waals surface area contributed by atoms with Gasteiger partial charge < -0.3 is 38.8 Å². The number of epoxide rings is 1. The molecule has 0 aromatic carbocycles. The molecule has 7 aliphatic rings. The maximum absolute atomic E-state index is 13.6. The monoisotopic (exact) mass is 743 g/mol. The van der Waals surface area contributed by atoms with E-state index in [1.165, 1.54) is 27.0 Å². The van der Waals surface area contributed by atoms with Crippen LogP contribution in [-0.2, 0) is 52.4 Å². The van der Waals surface area contributed by atoms with Gasteiger partial charge in [0, 0.05) is 63.1 Å². The minimum Gasteiger partial charge on any atom is -0.456 e. The molecule has 5 bridgehead atoms. The molecule has 53 heavy (non-hydrogen) atoms. The molecule has 4 saturated heterocycles. The fourth-order valence-electron chi connectivity index (χ4n) is 8.13. The van der Waals surface area contributed by atoms with Gasteiger partial charge in [-0.25, -0.2) is 4.79 Å². The number of hydrogen-bond acceptors (Lipinski definition) is 12. The maximum Gasteiger partial charge on any atom is 0.331 e. The molecule has 4 fully saturated rings. The summed E-state index contributed by atoms with van der Waals surface area (Å²) in [6.07, 6.45) is 7.07. The summed E-state index contributed by atoms with van der Waals surface area (Å²) in [5, 5.41) is 14.5. The summed E-state index contributed by atoms with van der Waals surface area (Å²) in [4.78, 5) is 64.5. The Morgan fingerprint density at radius 3 is 2.49 bits per heavy atom. The molecule has 7 rings (SSSR count). The Bertz CT molecular complexity index is 1500. The zero-order valence-electron chi connectivity index (χ0n) is 32.1. The van der Waals surface area contributed by atoms with E-state index >= 15 is 0 Å². The number of ketones is 2. The molecule has 0 aromatic heterocycles. The van der Waals surface area contributed by atoms with Crippen LogP contribution >= 0.6 is 0 Å². The summed E-state index contributed by atoms with van der Waals surface area (Å²) in [5.74, 6) is -3.70. The van der Waals surface area contributed by atoms with Crippen LogP contribution in [0.15, 0.2) is 36.1 Å². The zero-order chi connectivity index (χ0) is 38.7. The standard InChI is InChI=1S/C40H57NO12/c1-8-12-33(45)41-18-11-9-10-13-30-29(44)19-23(2)28(43)22-27-20-25(4)40(51-27)17-16-38(6)32(53-40)15-14-31(52-38)35-36(50-35)37(48-26(5)42)39(7,47)24(3)21-34(46)49-30/h9-11,18,21,23,25,27,30-32,35-37,47H,8,12-17,19-20,22H2,1-7H3,(H,41,45)/b10-9+,18-11-,24-21+/t23-,25-,27+,30-,31-,32+,35-,36-,37+,38-,39+,40+/m0/s1. The first-order chi connectivity index (χ1) is 25.0. The van der Waals surface area contributed by atoms with Crippen LogP contribution in [0.4, 0.5) is 0 Å². The second-order valence-electron chi connectivity index (χ2n) is 15.9. The summed E-state index contributed by atoms with van der Waals surface area (Å²) in [5.41, 5.74) is -2.35. The first-order valence-electron chi connectivity index (χ1n) is 19.1. The van der Waals surface area contributed by atoms with Crippen molar-refractivity contribution in [3.63, 3.8) is 0 Å². The van der Waals surface area contributed by atoms with Gasteiger partial charge in [0.15, 0.2) is 23.8 Å². The molecule has 7 heterocycles. The molecule has 0 aliphatic carbocycles. The number of fused-ring (bicyclic) bond motifs is 2. The lowest BCUT2D eigenvalue weighted by Gasteiger charge is -2.53. The minimum atomic E-state index is -1.86. The van der Waals surface area contributed by atoms with Crippen molar-refractivity contribution in [3.8, 4) is 0 Å². The summed E-state index contributed by atoms with van der Waals surface area (Å²) >= 11 is 0. The second-order valence-corrected chi connectivity index (χ2v) is 15.9. The van der Waals surface area contributed by atoms with Crippen molar-refractivity contribution in [3.05, 3.63) is 36.1 Å². The molecule has 13 nitrogen and oxygen atoms in total. The number of allylic oxidation sites excluding steroid dienone is 2. The topological polar surface area (TPSA) is 176 Å². The smallest absolute Gasteiger partial charge is 0.331 e. The van der Waals surface area contributed by atoms with Gasteiger partial charge >= 0.3 is 11.9 Å². The average molecular weight is 744 g/mol. The summed E-state index contributed by atoms with van der Waals surface area (Å²) in [6.45, 7) is 11.9. The normalized spacial score (nSPS) is 42.0. The van der Waals surface area contributed by atoms with Gasteiger partial charge in [0.05, 0.1) is 23.9 Å². The number of rotatable bonds is 7. The Hall–Kier alpha value is -3.23. The van der Waals surface area contributed by atoms with Crippen LogP contribution in [0.5, 0.6) is 0 Å². The predicted octanol–water partition coefficient (Wildman–Crippen LogP) is 4.48. The largest absolute Gasteiger partial charge is 0.456 e. The highest BCUT2D eigenvalue weighted by Crippen LogP contribution is 2.53. The van der Waals surface area contributed by atoms with E-state index in [2.05, 4.69) is 12.2 Å². The lowest BCUT2D eigenvalue weighted by atomic mass is 9.78. The van der Waals surface area contributed by atoms with Crippen LogP contribution in [0.25, 0.3) is 0 Å². The van der Waals surface area contributed by atoms with Gasteiger partial charge in [0.25, 0.3) is 0 Å². The van der Waals surface area contributed by atoms with E-state index in [4.69, 9.17) is 28.4 Å². The molecule has 0 saturated carbocycles. The predicted molar refractivity (Wildman–Crippen MR) is 191 cm³/mol. The molecule has 12 atom stereocenters. The number of aliphatic hydroxyl groups is 1. The molecule has 2 N–H and O–H groups in total. The molecule has 1 spiro atoms. The van der Waals surface area contributed by atoms with Crippen LogP contribution in [-0.4, -0.2) is 94.2 Å². The van der Waals surface area contributed by atoms with Gasteiger partial charge in [-0.15, -0.1) is 0 Å². The van der Waals surface area contributed by atoms with Crippen LogP contribution < -0.4 is 5.32 Å². The number of Topliss-reactive ketones (excluding diaryl/α,β-unsaturated/α-hetero) is 2. The summed E-state index contributed by atoms with van der Waals surface area (Å²) < 4.78 is 37.4. The number of hydrogen-bond donors (Lipinski definition) is 2. The van der Waals surface area contributed by atoms with Gasteiger partial charge in [-0.3, -0.25) is 19.2 Å². The average Bonchev–Trinajstić information content (AvgIpc) is 3.82. The lowest BCUT2D eigenvalue weighted by Crippen LogP contribution is -2.60. The molecule has 1 amide bonds. The molecular weight excluding hydrogens is 686 g/mol. The first-order valence-corrected chi connectivity index (χ1v) is 19.1. The molecule has 0 aromatic rings. The number of ether oxygens (including phenoxy) is 6. The van der Waals surface area contributed by atoms with Crippen molar-refractivity contribution in [1.82, 2.24) is 5.32 Å². The molecule has 7 aliphatic heterocycles. The van der Waals surface area contributed by atoms with Gasteiger partial charge in [-0.1, -0.05) is 32.9 Å². The van der Waals surface area contributed by atoms with E-state index in [1.54, 1.807) is 25.2 Å². The zero-order valence-corrected chi connectivity index (χ0v) is 32.1. The van der Waals surface area contributed by atoms with E-state index in [0.29, 0.717) is 44.9 Å². The number of esters is 2. The van der Waals surface area contributed by atoms with E-state index in [9.17, 15) is 29.1 Å². The minimum absolute atomic E-state index is 0.000260. The number of nitrogens with one attached hydrogen (secondary N) is 1. The molecular formula is C40H57NO12. The fourth-order valence-corrected chi connectivity index (χ4v) is 8.13. The SMILES string of the molecule is CCCC(=O)N/C=C\C=C\C[C@@H]1OC(=O)/C=C(\C)[C@@](C)(O)[C@H](OC(C)=O)[C@H]2O[C@H]2[C@@H]2CC[C@H]3O[C@@]4(CC[C@]3(C)O2)O[C@@H](CC(=O)[C@@H](C)CC1=O)C[C@@H]4C. The Labute approximate surface area is 312 Å². The van der Waals surface area contributed by atoms with Crippen molar-refractivity contribution >= 4 is 29.4 Å². The van der Waals surface area contributed by atoms with Crippen molar-refractivity contribution in [1.29, 1.82) is 0 Å². The Morgan fingerprint density at radius 1 is 1.02 bits per heavy atom. The third kappa shape index (κ3) is 9.54. The van der Waals surface area contributed by atoms with Crippen molar-refractivity contribution < 1.29 is 57.5 Å².